The van der Waals surface area contributed by atoms with Crippen molar-refractivity contribution in [2.45, 2.75) is 0 Å². The van der Waals surface area contributed by atoms with Crippen molar-refractivity contribution in [2.24, 2.45) is 0 Å². The number of fused-ring (bicyclic) bond motifs is 2. The molecule has 0 amide bonds. The van der Waals surface area contributed by atoms with Gasteiger partial charge in [0.1, 0.15) is 24.7 Å². The lowest BCUT2D eigenvalue weighted by Gasteiger charge is -2.18. The van der Waals surface area contributed by atoms with Crippen LogP contribution in [-0.2, 0) is 19.1 Å². The number of rotatable bonds is 11. The fraction of sp³-hybridized carbons (Fsp3) is 0.0857. The van der Waals surface area contributed by atoms with Crippen molar-refractivity contribution < 1.29 is 28.5 Å². The van der Waals surface area contributed by atoms with Crippen molar-refractivity contribution in [2.75, 3.05) is 20.0 Å². The summed E-state index contributed by atoms with van der Waals surface area (Å²) >= 11 is 0. The summed E-state index contributed by atoms with van der Waals surface area (Å²) in [5.41, 5.74) is 4.36. The van der Waals surface area contributed by atoms with E-state index in [1.807, 2.05) is 72.8 Å². The maximum atomic E-state index is 11.3. The fourth-order valence-corrected chi connectivity index (χ4v) is 4.76. The van der Waals surface area contributed by atoms with Gasteiger partial charge < -0.3 is 18.9 Å². The Morgan fingerprint density at radius 2 is 0.951 bits per heavy atom. The zero-order valence-electron chi connectivity index (χ0n) is 22.4. The van der Waals surface area contributed by atoms with Crippen LogP contribution in [0.25, 0.3) is 43.8 Å². The van der Waals surface area contributed by atoms with Crippen LogP contribution in [0.15, 0.2) is 122 Å². The van der Waals surface area contributed by atoms with E-state index in [1.54, 1.807) is 0 Å². The molecule has 5 aromatic carbocycles. The Balaban J connectivity index is 1.49. The Labute approximate surface area is 238 Å². The highest BCUT2D eigenvalue weighted by atomic mass is 16.7. The summed E-state index contributed by atoms with van der Waals surface area (Å²) < 4.78 is 21.2. The Morgan fingerprint density at radius 1 is 0.537 bits per heavy atom. The van der Waals surface area contributed by atoms with Gasteiger partial charge in [-0.05, 0) is 68.1 Å². The van der Waals surface area contributed by atoms with Gasteiger partial charge in [-0.2, -0.15) is 0 Å². The normalized spacial score (nSPS) is 10.6. The number of ether oxygens (including phenoxy) is 4. The van der Waals surface area contributed by atoms with Gasteiger partial charge in [0.2, 0.25) is 6.79 Å². The molecular formula is C35H28O6. The predicted octanol–water partition coefficient (Wildman–Crippen LogP) is 7.50. The van der Waals surface area contributed by atoms with E-state index in [4.69, 9.17) is 18.9 Å². The molecule has 0 fully saturated rings. The molecule has 0 N–H and O–H groups in total. The lowest BCUT2D eigenvalue weighted by Crippen LogP contribution is -2.10. The Morgan fingerprint density at radius 3 is 1.39 bits per heavy atom. The second kappa shape index (κ2) is 12.7. The molecule has 0 spiro atoms. The van der Waals surface area contributed by atoms with Crippen molar-refractivity contribution in [1.82, 2.24) is 0 Å². The Hall–Kier alpha value is -5.36. The average Bonchev–Trinajstić information content (AvgIpc) is 3.02. The molecule has 204 valence electrons. The summed E-state index contributed by atoms with van der Waals surface area (Å²) in [5.74, 6) is 0.280. The van der Waals surface area contributed by atoms with E-state index in [0.717, 1.165) is 56.0 Å². The maximum Gasteiger partial charge on any atom is 0.333 e. The van der Waals surface area contributed by atoms with Crippen LogP contribution in [0, 0.1) is 0 Å². The topological polar surface area (TPSA) is 71.1 Å². The molecule has 0 heterocycles. The molecule has 0 unspecified atom stereocenters. The zero-order valence-corrected chi connectivity index (χ0v) is 22.4. The molecule has 0 aliphatic heterocycles. The third-order valence-corrected chi connectivity index (χ3v) is 6.57. The SMILES string of the molecule is C=CC(=O)OCCOc1ccc(-c2c3ccccc3c(-c3ccc(OCOC(=O)C=C)cc3)c3ccccc23)cc1. The maximum absolute atomic E-state index is 11.3. The second-order valence-corrected chi connectivity index (χ2v) is 9.04. The van der Waals surface area contributed by atoms with Crippen LogP contribution in [0.4, 0.5) is 0 Å². The molecule has 0 saturated heterocycles. The molecular weight excluding hydrogens is 516 g/mol. The van der Waals surface area contributed by atoms with Crippen LogP contribution in [-0.4, -0.2) is 31.9 Å². The quantitative estimate of drug-likeness (QED) is 0.0564. The molecule has 0 radical (unpaired) electrons. The van der Waals surface area contributed by atoms with Crippen molar-refractivity contribution in [3.8, 4) is 33.8 Å². The minimum Gasteiger partial charge on any atom is -0.490 e. The molecule has 41 heavy (non-hydrogen) atoms. The highest BCUT2D eigenvalue weighted by Gasteiger charge is 2.16. The summed E-state index contributed by atoms with van der Waals surface area (Å²) in [6, 6.07) is 32.5. The van der Waals surface area contributed by atoms with E-state index >= 15 is 0 Å². The first-order valence-corrected chi connectivity index (χ1v) is 13.1. The third kappa shape index (κ3) is 6.12. The van der Waals surface area contributed by atoms with Crippen LogP contribution in [0.5, 0.6) is 11.5 Å². The first-order chi connectivity index (χ1) is 20.1. The van der Waals surface area contributed by atoms with Crippen LogP contribution < -0.4 is 9.47 Å². The van der Waals surface area contributed by atoms with Gasteiger partial charge >= 0.3 is 11.9 Å². The van der Waals surface area contributed by atoms with Gasteiger partial charge in [-0.3, -0.25) is 0 Å². The highest BCUT2D eigenvalue weighted by molar-refractivity contribution is 6.21. The second-order valence-electron chi connectivity index (χ2n) is 9.04. The molecule has 0 aliphatic rings. The van der Waals surface area contributed by atoms with Gasteiger partial charge in [0.25, 0.3) is 0 Å². The molecule has 0 aliphatic carbocycles. The minimum absolute atomic E-state index is 0.152. The summed E-state index contributed by atoms with van der Waals surface area (Å²) in [6.07, 6.45) is 2.23. The van der Waals surface area contributed by atoms with E-state index in [0.29, 0.717) is 11.5 Å². The van der Waals surface area contributed by atoms with E-state index in [-0.39, 0.29) is 20.0 Å². The van der Waals surface area contributed by atoms with E-state index in [9.17, 15) is 9.59 Å². The molecule has 6 heteroatoms. The van der Waals surface area contributed by atoms with Crippen molar-refractivity contribution in [3.05, 3.63) is 122 Å². The molecule has 0 aromatic heterocycles. The summed E-state index contributed by atoms with van der Waals surface area (Å²) in [7, 11) is 0. The van der Waals surface area contributed by atoms with Crippen LogP contribution in [0.1, 0.15) is 0 Å². The first kappa shape index (κ1) is 27.2. The molecule has 0 atom stereocenters. The summed E-state index contributed by atoms with van der Waals surface area (Å²) in [6.45, 7) is 6.99. The highest BCUT2D eigenvalue weighted by Crippen LogP contribution is 2.43. The monoisotopic (exact) mass is 544 g/mol. The van der Waals surface area contributed by atoms with E-state index in [1.165, 1.54) is 0 Å². The molecule has 6 nitrogen and oxygen atoms in total. The molecule has 5 aromatic rings. The van der Waals surface area contributed by atoms with Gasteiger partial charge in [-0.25, -0.2) is 9.59 Å². The van der Waals surface area contributed by atoms with Crippen molar-refractivity contribution in [1.29, 1.82) is 0 Å². The third-order valence-electron chi connectivity index (χ3n) is 6.57. The van der Waals surface area contributed by atoms with Gasteiger partial charge in [-0.15, -0.1) is 0 Å². The smallest absolute Gasteiger partial charge is 0.333 e. The fourth-order valence-electron chi connectivity index (χ4n) is 4.76. The van der Waals surface area contributed by atoms with Gasteiger partial charge in [0, 0.05) is 12.2 Å². The summed E-state index contributed by atoms with van der Waals surface area (Å²) in [5, 5.41) is 4.50. The molecule has 0 saturated carbocycles. The number of esters is 2. The van der Waals surface area contributed by atoms with Gasteiger partial charge in [0.15, 0.2) is 0 Å². The standard InChI is InChI=1S/C35H28O6/c1-3-32(36)39-22-21-38-26-17-13-24(14-18-26)34-28-9-5-7-11-30(28)35(31-12-8-6-10-29(31)34)25-15-19-27(20-16-25)40-23-41-33(37)4-2/h3-20H,1-2,21-23H2. The van der Waals surface area contributed by atoms with Crippen LogP contribution >= 0.6 is 0 Å². The number of carbonyl (C=O) groups is 2. The first-order valence-electron chi connectivity index (χ1n) is 13.1. The van der Waals surface area contributed by atoms with Gasteiger partial charge in [-0.1, -0.05) is 86.0 Å². The number of carbonyl (C=O) groups excluding carboxylic acids is 2. The Kier molecular flexibility index (Phi) is 8.41. The average molecular weight is 545 g/mol. The lowest BCUT2D eigenvalue weighted by molar-refractivity contribution is -0.144. The van der Waals surface area contributed by atoms with Gasteiger partial charge in [0.05, 0.1) is 0 Å². The van der Waals surface area contributed by atoms with Crippen LogP contribution in [0.2, 0.25) is 0 Å². The zero-order chi connectivity index (χ0) is 28.6. The van der Waals surface area contributed by atoms with Crippen molar-refractivity contribution >= 4 is 33.5 Å². The molecule has 0 bridgehead atoms. The minimum atomic E-state index is -0.534. The van der Waals surface area contributed by atoms with Crippen molar-refractivity contribution in [3.63, 3.8) is 0 Å². The van der Waals surface area contributed by atoms with E-state index in [2.05, 4.69) is 37.4 Å². The largest absolute Gasteiger partial charge is 0.490 e. The number of benzene rings is 5. The summed E-state index contributed by atoms with van der Waals surface area (Å²) in [4.78, 5) is 22.5. The predicted molar refractivity (Wildman–Crippen MR) is 161 cm³/mol. The number of hydrogen-bond donors (Lipinski definition) is 0. The molecule has 5 rings (SSSR count). The Bertz CT molecular complexity index is 1660. The van der Waals surface area contributed by atoms with E-state index < -0.39 is 11.9 Å². The number of hydrogen-bond acceptors (Lipinski definition) is 6. The van der Waals surface area contributed by atoms with Crippen LogP contribution in [0.3, 0.4) is 0 Å². The lowest BCUT2D eigenvalue weighted by atomic mass is 9.86.